The number of rotatable bonds is 3. The molecular weight excluding hydrogens is 260 g/mol. The van der Waals surface area contributed by atoms with Crippen molar-refractivity contribution in [2.24, 2.45) is 0 Å². The van der Waals surface area contributed by atoms with Crippen LogP contribution >= 0.6 is 11.3 Å². The standard InChI is InChI=1S/C13H12N4OS/c1-8-11(9-3-5-10(18-2)6-4-9)16-13(19-8)12-14-7-15-17-12/h3-7H,1-2H3,(H,14,15,17). The minimum atomic E-state index is 0.702. The van der Waals surface area contributed by atoms with Crippen molar-refractivity contribution in [3.05, 3.63) is 35.5 Å². The van der Waals surface area contributed by atoms with Crippen molar-refractivity contribution in [3.63, 3.8) is 0 Å². The molecule has 0 saturated carbocycles. The average Bonchev–Trinajstić information content (AvgIpc) is 3.08. The van der Waals surface area contributed by atoms with Crippen molar-refractivity contribution in [2.75, 3.05) is 7.11 Å². The molecule has 0 aliphatic heterocycles. The highest BCUT2D eigenvalue weighted by atomic mass is 32.1. The van der Waals surface area contributed by atoms with Crippen LogP contribution in [0, 0.1) is 6.92 Å². The second kappa shape index (κ2) is 4.81. The molecule has 0 unspecified atom stereocenters. The Bertz CT molecular complexity index is 673. The molecule has 0 aliphatic carbocycles. The third-order valence-corrected chi connectivity index (χ3v) is 3.76. The summed E-state index contributed by atoms with van der Waals surface area (Å²) in [6.45, 7) is 2.05. The van der Waals surface area contributed by atoms with E-state index in [9.17, 15) is 0 Å². The van der Waals surface area contributed by atoms with Gasteiger partial charge in [-0.25, -0.2) is 9.97 Å². The van der Waals surface area contributed by atoms with Crippen molar-refractivity contribution < 1.29 is 4.74 Å². The fourth-order valence-corrected chi connectivity index (χ4v) is 2.71. The van der Waals surface area contributed by atoms with E-state index in [2.05, 4.69) is 27.1 Å². The van der Waals surface area contributed by atoms with Crippen molar-refractivity contribution in [3.8, 4) is 27.8 Å². The first-order valence-corrected chi connectivity index (χ1v) is 6.57. The third kappa shape index (κ3) is 2.22. The lowest BCUT2D eigenvalue weighted by molar-refractivity contribution is 0.415. The van der Waals surface area contributed by atoms with E-state index >= 15 is 0 Å². The topological polar surface area (TPSA) is 63.7 Å². The maximum absolute atomic E-state index is 5.16. The predicted octanol–water partition coefficient (Wildman–Crippen LogP) is 2.91. The van der Waals surface area contributed by atoms with Crippen LogP contribution in [0.3, 0.4) is 0 Å². The molecule has 1 N–H and O–H groups in total. The zero-order valence-corrected chi connectivity index (χ0v) is 11.4. The molecule has 0 fully saturated rings. The first-order valence-electron chi connectivity index (χ1n) is 5.75. The third-order valence-electron chi connectivity index (χ3n) is 2.78. The van der Waals surface area contributed by atoms with Crippen LogP contribution in [0.2, 0.25) is 0 Å². The molecule has 3 aromatic rings. The molecule has 0 amide bonds. The van der Waals surface area contributed by atoms with E-state index in [-0.39, 0.29) is 0 Å². The zero-order valence-electron chi connectivity index (χ0n) is 10.5. The number of aromatic nitrogens is 4. The van der Waals surface area contributed by atoms with Crippen molar-refractivity contribution in [1.82, 2.24) is 20.2 Å². The highest BCUT2D eigenvalue weighted by molar-refractivity contribution is 7.15. The van der Waals surface area contributed by atoms with Gasteiger partial charge in [-0.15, -0.1) is 11.3 Å². The average molecular weight is 272 g/mol. The molecule has 0 saturated heterocycles. The molecular formula is C13H12N4OS. The number of hydrogen-bond donors (Lipinski definition) is 1. The number of benzene rings is 1. The minimum absolute atomic E-state index is 0.702. The number of ether oxygens (including phenoxy) is 1. The molecule has 2 heterocycles. The number of nitrogens with zero attached hydrogens (tertiary/aromatic N) is 3. The van der Waals surface area contributed by atoms with Gasteiger partial charge in [0.2, 0.25) is 0 Å². The maximum atomic E-state index is 5.16. The first kappa shape index (κ1) is 11.9. The summed E-state index contributed by atoms with van der Waals surface area (Å²) >= 11 is 1.60. The second-order valence-corrected chi connectivity index (χ2v) is 5.19. The van der Waals surface area contributed by atoms with Gasteiger partial charge >= 0.3 is 0 Å². The molecule has 0 bridgehead atoms. The fraction of sp³-hybridized carbons (Fsp3) is 0.154. The molecule has 0 atom stereocenters. The van der Waals surface area contributed by atoms with E-state index in [0.29, 0.717) is 5.82 Å². The molecule has 6 heteroatoms. The second-order valence-electron chi connectivity index (χ2n) is 3.99. The lowest BCUT2D eigenvalue weighted by Gasteiger charge is -2.01. The van der Waals surface area contributed by atoms with E-state index in [1.54, 1.807) is 18.4 Å². The molecule has 3 rings (SSSR count). The molecule has 19 heavy (non-hydrogen) atoms. The largest absolute Gasteiger partial charge is 0.497 e. The van der Waals surface area contributed by atoms with Crippen LogP contribution in [0.4, 0.5) is 0 Å². The zero-order chi connectivity index (χ0) is 13.2. The summed E-state index contributed by atoms with van der Waals surface area (Å²) in [5, 5.41) is 7.53. The smallest absolute Gasteiger partial charge is 0.184 e. The molecule has 5 nitrogen and oxygen atoms in total. The van der Waals surface area contributed by atoms with Gasteiger partial charge in [-0.3, -0.25) is 5.10 Å². The number of thiazole rings is 1. The quantitative estimate of drug-likeness (QED) is 0.796. The monoisotopic (exact) mass is 272 g/mol. The highest BCUT2D eigenvalue weighted by Crippen LogP contribution is 2.32. The summed E-state index contributed by atoms with van der Waals surface area (Å²) in [7, 11) is 1.66. The Kier molecular flexibility index (Phi) is 3.00. The Morgan fingerprint density at radius 3 is 2.63 bits per heavy atom. The lowest BCUT2D eigenvalue weighted by Crippen LogP contribution is -1.85. The van der Waals surface area contributed by atoms with Gasteiger partial charge in [0.05, 0.1) is 12.8 Å². The number of aromatic amines is 1. The van der Waals surface area contributed by atoms with Crippen LogP contribution in [0.5, 0.6) is 5.75 Å². The van der Waals surface area contributed by atoms with Crippen LogP contribution in [-0.2, 0) is 0 Å². The Labute approximate surface area is 114 Å². The molecule has 0 radical (unpaired) electrons. The van der Waals surface area contributed by atoms with Crippen LogP contribution in [-0.4, -0.2) is 27.3 Å². The van der Waals surface area contributed by atoms with Crippen molar-refractivity contribution in [1.29, 1.82) is 0 Å². The number of aryl methyl sites for hydroxylation is 1. The highest BCUT2D eigenvalue weighted by Gasteiger charge is 2.12. The van der Waals surface area contributed by atoms with Gasteiger partial charge in [0.15, 0.2) is 10.8 Å². The maximum Gasteiger partial charge on any atom is 0.184 e. The molecule has 0 aliphatic rings. The van der Waals surface area contributed by atoms with Crippen LogP contribution < -0.4 is 4.74 Å². The van der Waals surface area contributed by atoms with E-state index in [4.69, 9.17) is 4.74 Å². The molecule has 2 aromatic heterocycles. The van der Waals surface area contributed by atoms with Crippen molar-refractivity contribution in [2.45, 2.75) is 6.92 Å². The van der Waals surface area contributed by atoms with Gasteiger partial charge in [0, 0.05) is 10.4 Å². The van der Waals surface area contributed by atoms with E-state index < -0.39 is 0 Å². The molecule has 1 aromatic carbocycles. The molecule has 96 valence electrons. The van der Waals surface area contributed by atoms with Gasteiger partial charge in [-0.2, -0.15) is 5.10 Å². The number of nitrogens with one attached hydrogen (secondary N) is 1. The Hall–Kier alpha value is -2.21. The van der Waals surface area contributed by atoms with Gasteiger partial charge in [-0.1, -0.05) is 0 Å². The minimum Gasteiger partial charge on any atom is -0.497 e. The summed E-state index contributed by atoms with van der Waals surface area (Å²) in [5.74, 6) is 1.54. The first-order chi connectivity index (χ1) is 9.28. The lowest BCUT2D eigenvalue weighted by atomic mass is 10.1. The summed E-state index contributed by atoms with van der Waals surface area (Å²) in [6.07, 6.45) is 1.49. The van der Waals surface area contributed by atoms with Crippen molar-refractivity contribution >= 4 is 11.3 Å². The van der Waals surface area contributed by atoms with Crippen LogP contribution in [0.15, 0.2) is 30.6 Å². The van der Waals surface area contributed by atoms with E-state index in [1.165, 1.54) is 6.33 Å². The Balaban J connectivity index is 2.00. The molecule has 0 spiro atoms. The van der Waals surface area contributed by atoms with Gasteiger partial charge < -0.3 is 4.74 Å². The Morgan fingerprint density at radius 1 is 1.21 bits per heavy atom. The normalized spacial score (nSPS) is 10.6. The van der Waals surface area contributed by atoms with Crippen LogP contribution in [0.25, 0.3) is 22.1 Å². The van der Waals surface area contributed by atoms with Crippen LogP contribution in [0.1, 0.15) is 4.88 Å². The SMILES string of the molecule is COc1ccc(-c2nc(-c3ncn[nH]3)sc2C)cc1. The summed E-state index contributed by atoms with van der Waals surface area (Å²) in [5.41, 5.74) is 2.04. The summed E-state index contributed by atoms with van der Waals surface area (Å²) in [4.78, 5) is 9.89. The Morgan fingerprint density at radius 2 is 2.00 bits per heavy atom. The van der Waals surface area contributed by atoms with Gasteiger partial charge in [-0.05, 0) is 31.2 Å². The summed E-state index contributed by atoms with van der Waals surface area (Å²) < 4.78 is 5.16. The number of hydrogen-bond acceptors (Lipinski definition) is 5. The fourth-order valence-electron chi connectivity index (χ4n) is 1.82. The van der Waals surface area contributed by atoms with E-state index in [1.807, 2.05) is 24.3 Å². The van der Waals surface area contributed by atoms with Gasteiger partial charge in [0.1, 0.15) is 12.1 Å². The predicted molar refractivity (Wildman–Crippen MR) is 74.2 cm³/mol. The van der Waals surface area contributed by atoms with E-state index in [0.717, 1.165) is 26.9 Å². The number of H-pyrrole nitrogens is 1. The van der Waals surface area contributed by atoms with Gasteiger partial charge in [0.25, 0.3) is 0 Å². The number of methoxy groups -OCH3 is 1. The summed E-state index contributed by atoms with van der Waals surface area (Å²) in [6, 6.07) is 7.88.